The van der Waals surface area contributed by atoms with E-state index >= 15 is 0 Å². The highest BCUT2D eigenvalue weighted by Gasteiger charge is 2.06. The normalized spacial score (nSPS) is 11.4. The van der Waals surface area contributed by atoms with Crippen LogP contribution in [-0.2, 0) is 0 Å². The van der Waals surface area contributed by atoms with Gasteiger partial charge in [-0.2, -0.15) is 0 Å². The molecule has 0 unspecified atom stereocenters. The van der Waals surface area contributed by atoms with Gasteiger partial charge in [-0.1, -0.05) is 18.2 Å². The molecule has 0 spiro atoms. The van der Waals surface area contributed by atoms with Crippen LogP contribution in [0.3, 0.4) is 0 Å². The van der Waals surface area contributed by atoms with E-state index in [1.54, 1.807) is 6.20 Å². The molecule has 0 aliphatic heterocycles. The van der Waals surface area contributed by atoms with E-state index in [2.05, 4.69) is 29.9 Å². The lowest BCUT2D eigenvalue weighted by atomic mass is 10.0. The molecule has 2 aromatic heterocycles. The molecule has 1 aromatic carbocycles. The second kappa shape index (κ2) is 5.44. The number of aromatic nitrogens is 3. The summed E-state index contributed by atoms with van der Waals surface area (Å²) in [6, 6.07) is 10.1. The SMILES string of the molecule is Cc1ccnc(C=Cc2nc3ccccc3c(C)c2C)n1. The number of nitrogens with zero attached hydrogens (tertiary/aromatic N) is 3. The fourth-order valence-electron chi connectivity index (χ4n) is 2.36. The molecule has 3 aromatic rings. The van der Waals surface area contributed by atoms with Gasteiger partial charge in [-0.05, 0) is 56.2 Å². The molecule has 0 fully saturated rings. The van der Waals surface area contributed by atoms with Crippen molar-refractivity contribution in [1.29, 1.82) is 0 Å². The summed E-state index contributed by atoms with van der Waals surface area (Å²) in [4.78, 5) is 13.4. The van der Waals surface area contributed by atoms with Crippen molar-refractivity contribution in [3.63, 3.8) is 0 Å². The van der Waals surface area contributed by atoms with Gasteiger partial charge in [-0.3, -0.25) is 0 Å². The van der Waals surface area contributed by atoms with Crippen LogP contribution in [0.2, 0.25) is 0 Å². The Morgan fingerprint density at radius 1 is 0.857 bits per heavy atom. The number of hydrogen-bond acceptors (Lipinski definition) is 3. The van der Waals surface area contributed by atoms with Crippen LogP contribution in [0.5, 0.6) is 0 Å². The lowest BCUT2D eigenvalue weighted by Gasteiger charge is -2.08. The van der Waals surface area contributed by atoms with E-state index in [9.17, 15) is 0 Å². The zero-order valence-corrected chi connectivity index (χ0v) is 12.5. The molecular formula is C18H17N3. The van der Waals surface area contributed by atoms with Gasteiger partial charge < -0.3 is 0 Å². The van der Waals surface area contributed by atoms with Crippen LogP contribution >= 0.6 is 0 Å². The summed E-state index contributed by atoms with van der Waals surface area (Å²) in [5, 5.41) is 1.21. The highest BCUT2D eigenvalue weighted by atomic mass is 14.9. The zero-order valence-electron chi connectivity index (χ0n) is 12.5. The smallest absolute Gasteiger partial charge is 0.152 e. The van der Waals surface area contributed by atoms with Gasteiger partial charge in [0.25, 0.3) is 0 Å². The number of aryl methyl sites for hydroxylation is 2. The zero-order chi connectivity index (χ0) is 14.8. The number of pyridine rings is 1. The Labute approximate surface area is 124 Å². The molecule has 0 saturated carbocycles. The average Bonchev–Trinajstić information content (AvgIpc) is 2.50. The summed E-state index contributed by atoms with van der Waals surface area (Å²) in [7, 11) is 0. The van der Waals surface area contributed by atoms with Gasteiger partial charge in [0.15, 0.2) is 5.82 Å². The number of hydrogen-bond donors (Lipinski definition) is 0. The van der Waals surface area contributed by atoms with E-state index in [1.165, 1.54) is 16.5 Å². The molecule has 0 atom stereocenters. The van der Waals surface area contributed by atoms with Crippen molar-refractivity contribution >= 4 is 23.1 Å². The largest absolute Gasteiger partial charge is 0.248 e. The van der Waals surface area contributed by atoms with Gasteiger partial charge in [-0.25, -0.2) is 15.0 Å². The van der Waals surface area contributed by atoms with Crippen molar-refractivity contribution in [2.45, 2.75) is 20.8 Å². The van der Waals surface area contributed by atoms with Crippen LogP contribution in [0.4, 0.5) is 0 Å². The quantitative estimate of drug-likeness (QED) is 0.706. The summed E-state index contributed by atoms with van der Waals surface area (Å²) in [6.45, 7) is 6.20. The van der Waals surface area contributed by atoms with Crippen molar-refractivity contribution in [3.8, 4) is 0 Å². The third kappa shape index (κ3) is 2.68. The molecule has 0 aliphatic carbocycles. The topological polar surface area (TPSA) is 38.7 Å². The second-order valence-corrected chi connectivity index (χ2v) is 5.15. The van der Waals surface area contributed by atoms with E-state index in [0.29, 0.717) is 5.82 Å². The Morgan fingerprint density at radius 2 is 1.67 bits per heavy atom. The Kier molecular flexibility index (Phi) is 3.48. The Hall–Kier alpha value is -2.55. The number of rotatable bonds is 2. The van der Waals surface area contributed by atoms with Crippen LogP contribution in [0.15, 0.2) is 36.5 Å². The number of benzene rings is 1. The van der Waals surface area contributed by atoms with Gasteiger partial charge in [0.1, 0.15) is 0 Å². The predicted octanol–water partition coefficient (Wildman–Crippen LogP) is 4.12. The van der Waals surface area contributed by atoms with E-state index in [1.807, 2.05) is 43.3 Å². The summed E-state index contributed by atoms with van der Waals surface area (Å²) in [5.74, 6) is 0.710. The first kappa shape index (κ1) is 13.4. The summed E-state index contributed by atoms with van der Waals surface area (Å²) in [5.41, 5.74) is 5.41. The van der Waals surface area contributed by atoms with Gasteiger partial charge >= 0.3 is 0 Å². The van der Waals surface area contributed by atoms with E-state index in [0.717, 1.165) is 16.9 Å². The highest BCUT2D eigenvalue weighted by Crippen LogP contribution is 2.23. The van der Waals surface area contributed by atoms with E-state index in [-0.39, 0.29) is 0 Å². The first-order valence-electron chi connectivity index (χ1n) is 6.99. The minimum Gasteiger partial charge on any atom is -0.248 e. The molecule has 0 bridgehead atoms. The Morgan fingerprint density at radius 3 is 2.48 bits per heavy atom. The van der Waals surface area contributed by atoms with Gasteiger partial charge in [0.05, 0.1) is 11.2 Å². The predicted molar refractivity (Wildman–Crippen MR) is 86.9 cm³/mol. The third-order valence-corrected chi connectivity index (χ3v) is 3.70. The molecule has 0 saturated heterocycles. The van der Waals surface area contributed by atoms with E-state index < -0.39 is 0 Å². The fourth-order valence-corrected chi connectivity index (χ4v) is 2.36. The average molecular weight is 275 g/mol. The summed E-state index contributed by atoms with van der Waals surface area (Å²) >= 11 is 0. The number of fused-ring (bicyclic) bond motifs is 1. The first-order chi connectivity index (χ1) is 10.1. The molecule has 21 heavy (non-hydrogen) atoms. The van der Waals surface area contributed by atoms with Crippen LogP contribution in [0.1, 0.15) is 28.3 Å². The molecule has 104 valence electrons. The minimum absolute atomic E-state index is 0.710. The lowest BCUT2D eigenvalue weighted by Crippen LogP contribution is -1.94. The van der Waals surface area contributed by atoms with Crippen molar-refractivity contribution < 1.29 is 0 Å². The van der Waals surface area contributed by atoms with Crippen molar-refractivity contribution in [1.82, 2.24) is 15.0 Å². The summed E-state index contributed by atoms with van der Waals surface area (Å²) < 4.78 is 0. The van der Waals surface area contributed by atoms with Crippen molar-refractivity contribution in [3.05, 3.63) is 64.9 Å². The van der Waals surface area contributed by atoms with Gasteiger partial charge in [0, 0.05) is 17.3 Å². The van der Waals surface area contributed by atoms with Crippen LogP contribution < -0.4 is 0 Å². The first-order valence-corrected chi connectivity index (χ1v) is 6.99. The molecule has 3 nitrogen and oxygen atoms in total. The third-order valence-electron chi connectivity index (χ3n) is 3.70. The van der Waals surface area contributed by atoms with Crippen LogP contribution in [0.25, 0.3) is 23.1 Å². The number of para-hydroxylation sites is 1. The molecule has 2 heterocycles. The Bertz CT molecular complexity index is 835. The molecular weight excluding hydrogens is 258 g/mol. The molecule has 0 aliphatic rings. The molecule has 0 N–H and O–H groups in total. The molecule has 0 amide bonds. The van der Waals surface area contributed by atoms with Gasteiger partial charge in [-0.15, -0.1) is 0 Å². The Balaban J connectivity index is 2.06. The van der Waals surface area contributed by atoms with Crippen molar-refractivity contribution in [2.75, 3.05) is 0 Å². The van der Waals surface area contributed by atoms with Gasteiger partial charge in [0.2, 0.25) is 0 Å². The van der Waals surface area contributed by atoms with Crippen LogP contribution in [0, 0.1) is 20.8 Å². The van der Waals surface area contributed by atoms with Crippen LogP contribution in [-0.4, -0.2) is 15.0 Å². The maximum atomic E-state index is 4.73. The lowest BCUT2D eigenvalue weighted by molar-refractivity contribution is 1.08. The standard InChI is InChI=1S/C18H17N3/c1-12-10-11-19-18(20-12)9-8-16-14(3)13(2)15-6-4-5-7-17(15)21-16/h4-11H,1-3H3. The fraction of sp³-hybridized carbons (Fsp3) is 0.167. The van der Waals surface area contributed by atoms with Crippen molar-refractivity contribution in [2.24, 2.45) is 0 Å². The second-order valence-electron chi connectivity index (χ2n) is 5.15. The monoisotopic (exact) mass is 275 g/mol. The highest BCUT2D eigenvalue weighted by molar-refractivity contribution is 5.85. The maximum absolute atomic E-state index is 4.73. The maximum Gasteiger partial charge on any atom is 0.152 e. The molecule has 3 heteroatoms. The summed E-state index contributed by atoms with van der Waals surface area (Å²) in [6.07, 6.45) is 5.67. The molecule has 3 rings (SSSR count). The molecule has 0 radical (unpaired) electrons. The van der Waals surface area contributed by atoms with E-state index in [4.69, 9.17) is 4.98 Å². The minimum atomic E-state index is 0.710.